The Morgan fingerprint density at radius 3 is 2.37 bits per heavy atom. The summed E-state index contributed by atoms with van der Waals surface area (Å²) in [5, 5.41) is 7.02. The molecule has 4 nitrogen and oxygen atoms in total. The highest BCUT2D eigenvalue weighted by atomic mass is 15.2. The third-order valence-corrected chi connectivity index (χ3v) is 5.46. The molecule has 0 aromatic heterocycles. The van der Waals surface area contributed by atoms with Gasteiger partial charge in [-0.3, -0.25) is 4.99 Å². The van der Waals surface area contributed by atoms with Crippen molar-refractivity contribution in [2.24, 2.45) is 4.99 Å². The molecule has 1 aliphatic carbocycles. The second kappa shape index (κ2) is 9.05. The second-order valence-corrected chi connectivity index (χ2v) is 7.84. The number of aliphatic imine (C=N–C) groups is 1. The van der Waals surface area contributed by atoms with Gasteiger partial charge < -0.3 is 15.5 Å². The maximum absolute atomic E-state index is 4.42. The molecule has 2 aromatic carbocycles. The van der Waals surface area contributed by atoms with Crippen LogP contribution >= 0.6 is 0 Å². The van der Waals surface area contributed by atoms with E-state index in [4.69, 9.17) is 0 Å². The van der Waals surface area contributed by atoms with E-state index >= 15 is 0 Å². The second-order valence-electron chi connectivity index (χ2n) is 7.84. The van der Waals surface area contributed by atoms with E-state index in [9.17, 15) is 0 Å². The van der Waals surface area contributed by atoms with Gasteiger partial charge in [-0.1, -0.05) is 61.0 Å². The predicted molar refractivity (Wildman–Crippen MR) is 114 cm³/mol. The number of hydrogen-bond acceptors (Lipinski definition) is 2. The largest absolute Gasteiger partial charge is 0.356 e. The van der Waals surface area contributed by atoms with Gasteiger partial charge in [0.05, 0.1) is 0 Å². The summed E-state index contributed by atoms with van der Waals surface area (Å²) in [5.74, 6) is 0.871. The summed E-state index contributed by atoms with van der Waals surface area (Å²) in [7, 11) is 6.03. The van der Waals surface area contributed by atoms with Crippen molar-refractivity contribution >= 4 is 5.96 Å². The lowest BCUT2D eigenvalue weighted by Gasteiger charge is -2.43. The highest BCUT2D eigenvalue weighted by Crippen LogP contribution is 2.43. The SMILES string of the molecule is CN=C(NCc1cccc(CN(C)C)c1)NCC1(c2ccccc2)CCC1. The summed E-state index contributed by atoms with van der Waals surface area (Å²) in [6.45, 7) is 2.66. The number of guanidine groups is 1. The van der Waals surface area contributed by atoms with Crippen LogP contribution in [0.3, 0.4) is 0 Å². The first-order valence-electron chi connectivity index (χ1n) is 9.84. The molecule has 1 fully saturated rings. The zero-order chi connectivity index (χ0) is 19.1. The van der Waals surface area contributed by atoms with Crippen molar-refractivity contribution < 1.29 is 0 Å². The number of rotatable bonds is 7. The lowest BCUT2D eigenvalue weighted by atomic mass is 9.64. The molecule has 0 unspecified atom stereocenters. The van der Waals surface area contributed by atoms with Gasteiger partial charge in [0, 0.05) is 32.1 Å². The third kappa shape index (κ3) is 5.10. The van der Waals surface area contributed by atoms with E-state index in [1.165, 1.54) is 36.0 Å². The van der Waals surface area contributed by atoms with E-state index in [1.807, 2.05) is 7.05 Å². The van der Waals surface area contributed by atoms with Crippen molar-refractivity contribution in [3.8, 4) is 0 Å². The molecule has 3 rings (SSSR count). The van der Waals surface area contributed by atoms with E-state index in [-0.39, 0.29) is 5.41 Å². The average molecular weight is 365 g/mol. The quantitative estimate of drug-likeness (QED) is 0.583. The van der Waals surface area contributed by atoms with E-state index in [0.717, 1.165) is 25.6 Å². The van der Waals surface area contributed by atoms with Gasteiger partial charge in [-0.05, 0) is 43.6 Å². The molecule has 0 amide bonds. The van der Waals surface area contributed by atoms with Crippen LogP contribution in [0.5, 0.6) is 0 Å². The van der Waals surface area contributed by atoms with Crippen molar-refractivity contribution in [2.45, 2.75) is 37.8 Å². The van der Waals surface area contributed by atoms with Crippen LogP contribution < -0.4 is 10.6 Å². The Hall–Kier alpha value is -2.33. The highest BCUT2D eigenvalue weighted by molar-refractivity contribution is 5.79. The van der Waals surface area contributed by atoms with Crippen LogP contribution in [0.15, 0.2) is 59.6 Å². The van der Waals surface area contributed by atoms with Gasteiger partial charge in [-0.2, -0.15) is 0 Å². The molecule has 0 heterocycles. The van der Waals surface area contributed by atoms with Gasteiger partial charge in [0.15, 0.2) is 5.96 Å². The summed E-state index contributed by atoms with van der Waals surface area (Å²) in [5.41, 5.74) is 4.30. The van der Waals surface area contributed by atoms with Gasteiger partial charge in [-0.15, -0.1) is 0 Å². The molecule has 1 saturated carbocycles. The molecule has 0 radical (unpaired) electrons. The molecular weight excluding hydrogens is 332 g/mol. The van der Waals surface area contributed by atoms with Crippen LogP contribution in [0, 0.1) is 0 Å². The summed E-state index contributed by atoms with van der Waals surface area (Å²) in [6, 6.07) is 19.6. The fourth-order valence-corrected chi connectivity index (χ4v) is 3.83. The van der Waals surface area contributed by atoms with Crippen molar-refractivity contribution in [3.05, 3.63) is 71.3 Å². The van der Waals surface area contributed by atoms with Gasteiger partial charge in [0.1, 0.15) is 0 Å². The van der Waals surface area contributed by atoms with Crippen LogP contribution in [-0.2, 0) is 18.5 Å². The lowest BCUT2D eigenvalue weighted by molar-refractivity contribution is 0.244. The maximum Gasteiger partial charge on any atom is 0.191 e. The third-order valence-electron chi connectivity index (χ3n) is 5.46. The maximum atomic E-state index is 4.42. The number of hydrogen-bond donors (Lipinski definition) is 2. The molecule has 0 atom stereocenters. The zero-order valence-corrected chi connectivity index (χ0v) is 16.8. The number of nitrogens with zero attached hydrogens (tertiary/aromatic N) is 2. The molecule has 27 heavy (non-hydrogen) atoms. The number of nitrogens with one attached hydrogen (secondary N) is 2. The first-order valence-corrected chi connectivity index (χ1v) is 9.84. The summed E-state index contributed by atoms with van der Waals surface area (Å²) in [4.78, 5) is 6.60. The molecule has 0 spiro atoms. The van der Waals surface area contributed by atoms with Crippen LogP contribution in [0.4, 0.5) is 0 Å². The number of benzene rings is 2. The van der Waals surface area contributed by atoms with E-state index < -0.39 is 0 Å². The van der Waals surface area contributed by atoms with Gasteiger partial charge in [-0.25, -0.2) is 0 Å². The molecule has 0 bridgehead atoms. The van der Waals surface area contributed by atoms with Crippen molar-refractivity contribution in [2.75, 3.05) is 27.7 Å². The molecule has 4 heteroatoms. The monoisotopic (exact) mass is 364 g/mol. The fourth-order valence-electron chi connectivity index (χ4n) is 3.83. The van der Waals surface area contributed by atoms with Gasteiger partial charge in [0.25, 0.3) is 0 Å². The lowest BCUT2D eigenvalue weighted by Crippen LogP contribution is -2.48. The highest BCUT2D eigenvalue weighted by Gasteiger charge is 2.38. The Kier molecular flexibility index (Phi) is 6.51. The Bertz CT molecular complexity index is 748. The first-order chi connectivity index (χ1) is 13.1. The normalized spacial score (nSPS) is 16.1. The molecule has 0 aliphatic heterocycles. The Morgan fingerprint density at radius 1 is 1.00 bits per heavy atom. The minimum atomic E-state index is 0.254. The molecule has 2 N–H and O–H groups in total. The molecule has 144 valence electrons. The average Bonchev–Trinajstić information content (AvgIpc) is 2.64. The molecule has 2 aromatic rings. The standard InChI is InChI=1S/C23H32N4/c1-24-22(25-16-19-9-7-10-20(15-19)17-27(2)3)26-18-23(13-8-14-23)21-11-5-4-6-12-21/h4-7,9-12,15H,8,13-14,16-18H2,1-3H3,(H2,24,25,26). The van der Waals surface area contributed by atoms with Crippen LogP contribution in [0.25, 0.3) is 0 Å². The summed E-state index contributed by atoms with van der Waals surface area (Å²) >= 11 is 0. The van der Waals surface area contributed by atoms with Crippen molar-refractivity contribution in [1.29, 1.82) is 0 Å². The van der Waals surface area contributed by atoms with Crippen LogP contribution in [0.2, 0.25) is 0 Å². The predicted octanol–water partition coefficient (Wildman–Crippen LogP) is 3.54. The van der Waals surface area contributed by atoms with Crippen LogP contribution in [-0.4, -0.2) is 38.5 Å². The zero-order valence-electron chi connectivity index (χ0n) is 16.8. The Labute approximate surface area is 163 Å². The smallest absolute Gasteiger partial charge is 0.191 e. The minimum Gasteiger partial charge on any atom is -0.356 e. The fraction of sp³-hybridized carbons (Fsp3) is 0.435. The minimum absolute atomic E-state index is 0.254. The van der Waals surface area contributed by atoms with Crippen molar-refractivity contribution in [1.82, 2.24) is 15.5 Å². The summed E-state index contributed by atoms with van der Waals surface area (Å²) < 4.78 is 0. The van der Waals surface area contributed by atoms with E-state index in [0.29, 0.717) is 0 Å². The Morgan fingerprint density at radius 2 is 1.74 bits per heavy atom. The first kappa shape index (κ1) is 19.4. The Balaban J connectivity index is 1.56. The molecule has 1 aliphatic rings. The van der Waals surface area contributed by atoms with Gasteiger partial charge >= 0.3 is 0 Å². The molecule has 0 saturated heterocycles. The van der Waals surface area contributed by atoms with Crippen molar-refractivity contribution in [3.63, 3.8) is 0 Å². The van der Waals surface area contributed by atoms with Crippen LogP contribution in [0.1, 0.15) is 36.0 Å². The summed E-state index contributed by atoms with van der Waals surface area (Å²) in [6.07, 6.45) is 3.79. The van der Waals surface area contributed by atoms with E-state index in [1.54, 1.807) is 0 Å². The topological polar surface area (TPSA) is 39.7 Å². The van der Waals surface area contributed by atoms with E-state index in [2.05, 4.69) is 89.2 Å². The molecular formula is C23H32N4. The van der Waals surface area contributed by atoms with Gasteiger partial charge in [0.2, 0.25) is 0 Å².